The van der Waals surface area contributed by atoms with E-state index in [1.54, 1.807) is 11.0 Å². The number of halogens is 1. The van der Waals surface area contributed by atoms with Gasteiger partial charge in [0.25, 0.3) is 0 Å². The van der Waals surface area contributed by atoms with Crippen LogP contribution in [-0.4, -0.2) is 26.4 Å². The molecule has 0 atom stereocenters. The van der Waals surface area contributed by atoms with Crippen LogP contribution in [0, 0.1) is 6.92 Å². The molecule has 3 aromatic rings. The molecule has 1 heterocycles. The highest BCUT2D eigenvalue weighted by Gasteiger charge is 2.08. The molecule has 1 amide bonds. The fourth-order valence-electron chi connectivity index (χ4n) is 2.23. The van der Waals surface area contributed by atoms with Gasteiger partial charge >= 0.3 is 0 Å². The van der Waals surface area contributed by atoms with Crippen LogP contribution in [0.15, 0.2) is 64.2 Å². The first-order valence-electron chi connectivity index (χ1n) is 7.72. The van der Waals surface area contributed by atoms with Crippen molar-refractivity contribution >= 4 is 39.5 Å². The lowest BCUT2D eigenvalue weighted by Gasteiger charge is -2.04. The number of thioether (sulfide) groups is 1. The molecule has 5 nitrogen and oxygen atoms in total. The molecule has 0 saturated carbocycles. The van der Waals surface area contributed by atoms with Crippen LogP contribution in [0.1, 0.15) is 11.1 Å². The summed E-state index contributed by atoms with van der Waals surface area (Å²) in [6, 6.07) is 16.0. The van der Waals surface area contributed by atoms with Crippen LogP contribution in [0.3, 0.4) is 0 Å². The van der Waals surface area contributed by atoms with Gasteiger partial charge in [-0.05, 0) is 36.2 Å². The Kier molecular flexibility index (Phi) is 5.88. The van der Waals surface area contributed by atoms with E-state index in [1.807, 2.05) is 55.5 Å². The molecule has 1 aromatic heterocycles. The van der Waals surface area contributed by atoms with Gasteiger partial charge in [-0.15, -0.1) is 16.9 Å². The van der Waals surface area contributed by atoms with Crippen LogP contribution in [0.25, 0.3) is 0 Å². The number of nitrogens with zero attached hydrogens (tertiary/aromatic N) is 3. The minimum atomic E-state index is -0.116. The van der Waals surface area contributed by atoms with Crippen molar-refractivity contribution in [1.29, 1.82) is 0 Å². The summed E-state index contributed by atoms with van der Waals surface area (Å²) in [5.41, 5.74) is 2.28. The molecule has 3 rings (SSSR count). The fraction of sp³-hybridized carbons (Fsp3) is 0.167. The number of carbonyl (C=O) groups excluding carboxylic acids is 1. The van der Waals surface area contributed by atoms with Gasteiger partial charge in [0, 0.05) is 9.37 Å². The van der Waals surface area contributed by atoms with Crippen LogP contribution >= 0.6 is 27.7 Å². The first-order valence-corrected chi connectivity index (χ1v) is 9.50. The predicted molar refractivity (Wildman–Crippen MR) is 104 cm³/mol. The molecule has 1 N–H and O–H groups in total. The summed E-state index contributed by atoms with van der Waals surface area (Å²) in [4.78, 5) is 17.3. The maximum atomic E-state index is 12.1. The molecule has 0 bridgehead atoms. The first-order chi connectivity index (χ1) is 12.1. The van der Waals surface area contributed by atoms with Crippen molar-refractivity contribution in [2.45, 2.75) is 18.4 Å². The van der Waals surface area contributed by atoms with Crippen LogP contribution in [-0.2, 0) is 11.3 Å². The van der Waals surface area contributed by atoms with Gasteiger partial charge in [0.15, 0.2) is 0 Å². The van der Waals surface area contributed by atoms with Crippen molar-refractivity contribution in [2.75, 3.05) is 11.1 Å². The number of nitrogens with one attached hydrogen (secondary N) is 1. The second kappa shape index (κ2) is 8.31. The zero-order chi connectivity index (χ0) is 17.6. The van der Waals surface area contributed by atoms with Gasteiger partial charge < -0.3 is 0 Å². The van der Waals surface area contributed by atoms with Gasteiger partial charge in [-0.25, -0.2) is 9.67 Å². The van der Waals surface area contributed by atoms with Crippen LogP contribution in [0.2, 0.25) is 0 Å². The van der Waals surface area contributed by atoms with Crippen LogP contribution in [0.5, 0.6) is 0 Å². The van der Waals surface area contributed by atoms with Crippen molar-refractivity contribution in [3.05, 3.63) is 70.5 Å². The third kappa shape index (κ3) is 5.17. The largest absolute Gasteiger partial charge is 0.292 e. The molecule has 7 heteroatoms. The number of aryl methyl sites for hydroxylation is 1. The summed E-state index contributed by atoms with van der Waals surface area (Å²) >= 11 is 4.92. The topological polar surface area (TPSA) is 59.8 Å². The Morgan fingerprint density at radius 2 is 1.96 bits per heavy atom. The van der Waals surface area contributed by atoms with E-state index in [0.717, 1.165) is 20.5 Å². The summed E-state index contributed by atoms with van der Waals surface area (Å²) in [7, 11) is 0. The van der Waals surface area contributed by atoms with Gasteiger partial charge in [-0.3, -0.25) is 10.1 Å². The Morgan fingerprint density at radius 3 is 2.72 bits per heavy atom. The zero-order valence-electron chi connectivity index (χ0n) is 13.6. The third-order valence-electron chi connectivity index (χ3n) is 3.50. The minimum Gasteiger partial charge on any atom is -0.292 e. The SMILES string of the molecule is Cc1ccccc1SCC(=O)Nc1ncn(Cc2ccc(Br)cc2)n1. The van der Waals surface area contributed by atoms with Crippen LogP contribution < -0.4 is 5.32 Å². The van der Waals surface area contributed by atoms with Crippen molar-refractivity contribution < 1.29 is 4.79 Å². The summed E-state index contributed by atoms with van der Waals surface area (Å²) < 4.78 is 2.74. The standard InChI is InChI=1S/C18H17BrN4OS/c1-13-4-2-3-5-16(13)25-11-17(24)21-18-20-12-23(22-18)10-14-6-8-15(19)9-7-14/h2-9,12H,10-11H2,1H3,(H,21,22,24). The quantitative estimate of drug-likeness (QED) is 0.613. The Labute approximate surface area is 159 Å². The molecule has 25 heavy (non-hydrogen) atoms. The highest BCUT2D eigenvalue weighted by Crippen LogP contribution is 2.21. The van der Waals surface area contributed by atoms with E-state index in [0.29, 0.717) is 18.2 Å². The second-order valence-corrected chi connectivity index (χ2v) is 7.43. The average Bonchev–Trinajstić information content (AvgIpc) is 3.03. The average molecular weight is 417 g/mol. The molecular weight excluding hydrogens is 400 g/mol. The summed E-state index contributed by atoms with van der Waals surface area (Å²) in [5.74, 6) is 0.536. The Hall–Kier alpha value is -2.12. The van der Waals surface area contributed by atoms with E-state index >= 15 is 0 Å². The number of aromatic nitrogens is 3. The lowest BCUT2D eigenvalue weighted by atomic mass is 10.2. The molecule has 128 valence electrons. The molecule has 0 saturated heterocycles. The van der Waals surface area contributed by atoms with E-state index in [4.69, 9.17) is 0 Å². The normalized spacial score (nSPS) is 10.6. The first kappa shape index (κ1) is 17.7. The van der Waals surface area contributed by atoms with Gasteiger partial charge in [0.05, 0.1) is 12.3 Å². The smallest absolute Gasteiger partial charge is 0.248 e. The molecule has 0 aliphatic carbocycles. The van der Waals surface area contributed by atoms with Crippen LogP contribution in [0.4, 0.5) is 5.95 Å². The Balaban J connectivity index is 1.53. The van der Waals surface area contributed by atoms with E-state index in [2.05, 4.69) is 31.3 Å². The highest BCUT2D eigenvalue weighted by molar-refractivity contribution is 9.10. The molecule has 0 radical (unpaired) electrons. The number of hydrogen-bond donors (Lipinski definition) is 1. The molecule has 0 spiro atoms. The summed E-state index contributed by atoms with van der Waals surface area (Å²) in [6.07, 6.45) is 1.62. The lowest BCUT2D eigenvalue weighted by Crippen LogP contribution is -2.15. The molecule has 0 aliphatic heterocycles. The monoisotopic (exact) mass is 416 g/mol. The maximum Gasteiger partial charge on any atom is 0.248 e. The third-order valence-corrected chi connectivity index (χ3v) is 5.20. The number of rotatable bonds is 6. The van der Waals surface area contributed by atoms with E-state index in [1.165, 1.54) is 11.8 Å². The second-order valence-electron chi connectivity index (χ2n) is 5.49. The number of amides is 1. The van der Waals surface area contributed by atoms with Crippen molar-refractivity contribution in [3.63, 3.8) is 0 Å². The Morgan fingerprint density at radius 1 is 1.20 bits per heavy atom. The lowest BCUT2D eigenvalue weighted by molar-refractivity contribution is -0.113. The Bertz CT molecular complexity index is 864. The summed E-state index contributed by atoms with van der Waals surface area (Å²) in [6.45, 7) is 2.64. The van der Waals surface area contributed by atoms with Gasteiger partial charge in [0.1, 0.15) is 6.33 Å². The fourth-order valence-corrected chi connectivity index (χ4v) is 3.32. The predicted octanol–water partition coefficient (Wildman–Crippen LogP) is 4.13. The zero-order valence-corrected chi connectivity index (χ0v) is 16.0. The number of anilines is 1. The van der Waals surface area contributed by atoms with Gasteiger partial charge in [-0.1, -0.05) is 46.3 Å². The maximum absolute atomic E-state index is 12.1. The van der Waals surface area contributed by atoms with Crippen molar-refractivity contribution in [1.82, 2.24) is 14.8 Å². The number of carbonyl (C=O) groups is 1. The number of benzene rings is 2. The van der Waals surface area contributed by atoms with E-state index in [9.17, 15) is 4.79 Å². The van der Waals surface area contributed by atoms with E-state index in [-0.39, 0.29) is 5.91 Å². The molecular formula is C18H17BrN4OS. The minimum absolute atomic E-state index is 0.116. The molecule has 0 aliphatic rings. The van der Waals surface area contributed by atoms with Crippen molar-refractivity contribution in [2.24, 2.45) is 0 Å². The van der Waals surface area contributed by atoms with Gasteiger partial charge in [0.2, 0.25) is 11.9 Å². The number of hydrogen-bond acceptors (Lipinski definition) is 4. The van der Waals surface area contributed by atoms with Gasteiger partial charge in [-0.2, -0.15) is 0 Å². The van der Waals surface area contributed by atoms with E-state index < -0.39 is 0 Å². The summed E-state index contributed by atoms with van der Waals surface area (Å²) in [5, 5.41) is 7.03. The molecule has 0 unspecified atom stereocenters. The highest BCUT2D eigenvalue weighted by atomic mass is 79.9. The molecule has 2 aromatic carbocycles. The van der Waals surface area contributed by atoms with Crippen molar-refractivity contribution in [3.8, 4) is 0 Å². The molecule has 0 fully saturated rings.